The van der Waals surface area contributed by atoms with Crippen LogP contribution in [0.15, 0.2) is 97.1 Å². The Balaban J connectivity index is 1.28. The molecule has 0 aliphatic carbocycles. The van der Waals surface area contributed by atoms with Crippen LogP contribution in [0.25, 0.3) is 0 Å². The van der Waals surface area contributed by atoms with Gasteiger partial charge in [-0.2, -0.15) is 0 Å². The summed E-state index contributed by atoms with van der Waals surface area (Å²) in [5.41, 5.74) is 1.98. The lowest BCUT2D eigenvalue weighted by Crippen LogP contribution is -2.46. The number of fused-ring (bicyclic) bond motifs is 2. The summed E-state index contributed by atoms with van der Waals surface area (Å²) in [6.07, 6.45) is -0.835. The fourth-order valence-electron chi connectivity index (χ4n) is 7.80. The maximum absolute atomic E-state index is 14.9. The SMILES string of the molecule is COc1ccc(C(=O)Nc2cccc(CN3C(=O)[C@]4(O[C@H](CC(=O)N(CCO)Cc5ccccc5)[C@@H]([Si](C)(C)O)[C@@H]4C)c4cc(Cl)ccc43)c2)cc1. The van der Waals surface area contributed by atoms with Crippen molar-refractivity contribution in [2.24, 2.45) is 5.92 Å². The lowest BCUT2D eigenvalue weighted by Gasteiger charge is -2.32. The first kappa shape index (κ1) is 37.2. The number of rotatable bonds is 12. The molecule has 3 N–H and O–H groups in total. The summed E-state index contributed by atoms with van der Waals surface area (Å²) in [6, 6.07) is 28.9. The third-order valence-electron chi connectivity index (χ3n) is 10.1. The normalized spacial score (nSPS) is 20.9. The first-order chi connectivity index (χ1) is 24.8. The Morgan fingerprint density at radius 2 is 1.71 bits per heavy atom. The lowest BCUT2D eigenvalue weighted by atomic mass is 9.82. The zero-order chi connectivity index (χ0) is 37.2. The number of hydrogen-bond acceptors (Lipinski definition) is 7. The standard InChI is InChI=1S/C40H44ClN3O7Si/c1-26-37(52(3,4)49)35(23-36(46)43(19-20-45)24-27-9-6-5-7-10-27)51-40(26)33-22-30(41)15-18-34(33)44(39(40)48)25-28-11-8-12-31(21-28)42-38(47)29-13-16-32(50-2)17-14-29/h5-18,21-22,26,35,37,45,49H,19-20,23-25H2,1-4H3,(H,42,47)/t26-,35+,37-,40+/m0/s1. The van der Waals surface area contributed by atoms with Crippen molar-refractivity contribution in [3.05, 3.63) is 124 Å². The summed E-state index contributed by atoms with van der Waals surface area (Å²) < 4.78 is 12.1. The Hall–Kier alpha value is -4.52. The first-order valence-corrected chi connectivity index (χ1v) is 20.7. The number of anilines is 2. The number of nitrogens with zero attached hydrogens (tertiary/aromatic N) is 2. The average Bonchev–Trinajstić information content (AvgIpc) is 3.54. The quantitative estimate of drug-likeness (QED) is 0.144. The molecular weight excluding hydrogens is 698 g/mol. The van der Waals surface area contributed by atoms with Crippen LogP contribution in [0, 0.1) is 5.92 Å². The predicted octanol–water partition coefficient (Wildman–Crippen LogP) is 6.36. The van der Waals surface area contributed by atoms with E-state index < -0.39 is 31.5 Å². The smallest absolute Gasteiger partial charge is 0.264 e. The van der Waals surface area contributed by atoms with Crippen LogP contribution in [0.2, 0.25) is 23.7 Å². The summed E-state index contributed by atoms with van der Waals surface area (Å²) in [5, 5.41) is 13.2. The van der Waals surface area contributed by atoms with Crippen molar-refractivity contribution >= 4 is 49.0 Å². The van der Waals surface area contributed by atoms with E-state index in [0.717, 1.165) is 11.1 Å². The maximum atomic E-state index is 14.9. The molecule has 2 aliphatic rings. The second-order valence-corrected chi connectivity index (χ2v) is 18.4. The lowest BCUT2D eigenvalue weighted by molar-refractivity contribution is -0.150. The molecule has 0 saturated carbocycles. The van der Waals surface area contributed by atoms with Crippen LogP contribution in [-0.2, 0) is 33.0 Å². The minimum Gasteiger partial charge on any atom is -0.497 e. The molecule has 4 aromatic carbocycles. The fraction of sp³-hybridized carbons (Fsp3) is 0.325. The summed E-state index contributed by atoms with van der Waals surface area (Å²) in [6.45, 7) is 5.94. The van der Waals surface area contributed by atoms with Crippen molar-refractivity contribution in [2.75, 3.05) is 30.5 Å². The largest absolute Gasteiger partial charge is 0.497 e. The number of carbonyl (C=O) groups excluding carboxylic acids is 3. The van der Waals surface area contributed by atoms with Gasteiger partial charge < -0.3 is 34.5 Å². The monoisotopic (exact) mass is 741 g/mol. The number of benzene rings is 4. The molecule has 6 rings (SSSR count). The number of carbonyl (C=O) groups is 3. The molecule has 0 aromatic heterocycles. The Morgan fingerprint density at radius 1 is 1.00 bits per heavy atom. The van der Waals surface area contributed by atoms with E-state index in [1.165, 1.54) is 0 Å². The Bertz CT molecular complexity index is 1940. The highest BCUT2D eigenvalue weighted by atomic mass is 35.5. The summed E-state index contributed by atoms with van der Waals surface area (Å²) >= 11 is 6.57. The molecule has 0 radical (unpaired) electrons. The average molecular weight is 742 g/mol. The van der Waals surface area contributed by atoms with E-state index in [2.05, 4.69) is 5.32 Å². The predicted molar refractivity (Wildman–Crippen MR) is 203 cm³/mol. The third-order valence-corrected chi connectivity index (χ3v) is 12.9. The van der Waals surface area contributed by atoms with E-state index in [-0.39, 0.29) is 43.8 Å². The number of hydrogen-bond donors (Lipinski definition) is 3. The molecule has 1 fully saturated rings. The topological polar surface area (TPSA) is 129 Å². The van der Waals surface area contributed by atoms with Gasteiger partial charge in [-0.1, -0.05) is 61.0 Å². The van der Waals surface area contributed by atoms with Crippen LogP contribution in [-0.4, -0.2) is 67.2 Å². The zero-order valence-electron chi connectivity index (χ0n) is 29.7. The van der Waals surface area contributed by atoms with Gasteiger partial charge in [-0.25, -0.2) is 0 Å². The summed E-state index contributed by atoms with van der Waals surface area (Å²) in [4.78, 5) is 56.7. The van der Waals surface area contributed by atoms with Gasteiger partial charge in [0.2, 0.25) is 5.91 Å². The maximum Gasteiger partial charge on any atom is 0.264 e. The number of aliphatic hydroxyl groups is 1. The highest BCUT2D eigenvalue weighted by Gasteiger charge is 2.66. The van der Waals surface area contributed by atoms with Crippen LogP contribution < -0.4 is 15.0 Å². The third kappa shape index (κ3) is 7.37. The van der Waals surface area contributed by atoms with Crippen molar-refractivity contribution in [3.8, 4) is 5.75 Å². The van der Waals surface area contributed by atoms with E-state index in [0.29, 0.717) is 39.8 Å². The van der Waals surface area contributed by atoms with E-state index in [1.807, 2.05) is 68.5 Å². The highest BCUT2D eigenvalue weighted by Crippen LogP contribution is 2.60. The number of nitrogens with one attached hydrogen (secondary N) is 1. The van der Waals surface area contributed by atoms with Crippen LogP contribution in [0.4, 0.5) is 11.4 Å². The molecule has 1 saturated heterocycles. The first-order valence-electron chi connectivity index (χ1n) is 17.3. The van der Waals surface area contributed by atoms with Gasteiger partial charge in [0, 0.05) is 46.4 Å². The number of ether oxygens (including phenoxy) is 2. The van der Waals surface area contributed by atoms with Gasteiger partial charge in [-0.15, -0.1) is 0 Å². The number of halogens is 1. The Kier molecular flexibility index (Phi) is 10.9. The van der Waals surface area contributed by atoms with Crippen molar-refractivity contribution in [2.45, 2.75) is 56.8 Å². The molecule has 0 bridgehead atoms. The van der Waals surface area contributed by atoms with Crippen molar-refractivity contribution in [1.82, 2.24) is 4.90 Å². The molecular formula is C40H44ClN3O7Si. The van der Waals surface area contributed by atoms with Gasteiger partial charge in [0.15, 0.2) is 13.9 Å². The van der Waals surface area contributed by atoms with E-state index in [9.17, 15) is 24.3 Å². The molecule has 272 valence electrons. The number of methoxy groups -OCH3 is 1. The van der Waals surface area contributed by atoms with Gasteiger partial charge in [0.25, 0.3) is 11.8 Å². The van der Waals surface area contributed by atoms with Crippen LogP contribution in [0.5, 0.6) is 5.75 Å². The van der Waals surface area contributed by atoms with Crippen LogP contribution >= 0.6 is 11.6 Å². The molecule has 3 amide bonds. The van der Waals surface area contributed by atoms with Gasteiger partial charge in [0.1, 0.15) is 5.75 Å². The van der Waals surface area contributed by atoms with E-state index in [1.54, 1.807) is 65.4 Å². The molecule has 4 aromatic rings. The summed E-state index contributed by atoms with van der Waals surface area (Å²) in [5.74, 6) is -0.679. The van der Waals surface area contributed by atoms with Gasteiger partial charge >= 0.3 is 0 Å². The molecule has 1 spiro atoms. The fourth-order valence-corrected chi connectivity index (χ4v) is 10.5. The number of amides is 3. The number of aliphatic hydroxyl groups excluding tert-OH is 1. The molecule has 2 heterocycles. The molecule has 4 atom stereocenters. The van der Waals surface area contributed by atoms with Gasteiger partial charge in [0.05, 0.1) is 38.5 Å². The van der Waals surface area contributed by atoms with Gasteiger partial charge in [-0.3, -0.25) is 14.4 Å². The molecule has 2 aliphatic heterocycles. The molecule has 52 heavy (non-hydrogen) atoms. The second kappa shape index (κ2) is 15.2. The zero-order valence-corrected chi connectivity index (χ0v) is 31.5. The molecule has 10 nitrogen and oxygen atoms in total. The Labute approximate surface area is 310 Å². The minimum absolute atomic E-state index is 0.0697. The van der Waals surface area contributed by atoms with E-state index in [4.69, 9.17) is 21.1 Å². The van der Waals surface area contributed by atoms with Crippen molar-refractivity contribution < 1.29 is 33.8 Å². The summed E-state index contributed by atoms with van der Waals surface area (Å²) in [7, 11) is -1.49. The van der Waals surface area contributed by atoms with Crippen molar-refractivity contribution in [3.63, 3.8) is 0 Å². The van der Waals surface area contributed by atoms with Crippen LogP contribution in [0.3, 0.4) is 0 Å². The second-order valence-electron chi connectivity index (χ2n) is 14.0. The van der Waals surface area contributed by atoms with Crippen molar-refractivity contribution in [1.29, 1.82) is 0 Å². The minimum atomic E-state index is -3.05. The van der Waals surface area contributed by atoms with Crippen LogP contribution in [0.1, 0.15) is 40.4 Å². The molecule has 12 heteroatoms. The van der Waals surface area contributed by atoms with E-state index >= 15 is 0 Å². The molecule has 0 unspecified atom stereocenters. The highest BCUT2D eigenvalue weighted by molar-refractivity contribution is 6.71. The Morgan fingerprint density at radius 3 is 2.38 bits per heavy atom. The van der Waals surface area contributed by atoms with Gasteiger partial charge in [-0.05, 0) is 78.8 Å².